The van der Waals surface area contributed by atoms with Gasteiger partial charge in [0.1, 0.15) is 0 Å². The van der Waals surface area contributed by atoms with Crippen LogP contribution < -0.4 is 0 Å². The zero-order chi connectivity index (χ0) is 12.7. The average molecular weight is 224 g/mol. The molecule has 0 spiro atoms. The van der Waals surface area contributed by atoms with Crippen molar-refractivity contribution in [1.82, 2.24) is 0 Å². The Morgan fingerprint density at radius 1 is 1.06 bits per heavy atom. The summed E-state index contributed by atoms with van der Waals surface area (Å²) in [5.41, 5.74) is 0.460. The van der Waals surface area contributed by atoms with Crippen molar-refractivity contribution in [3.05, 3.63) is 36.3 Å². The van der Waals surface area contributed by atoms with Gasteiger partial charge in [0, 0.05) is 11.1 Å². The molecule has 0 unspecified atom stereocenters. The Hall–Kier alpha value is -1.84. The van der Waals surface area contributed by atoms with E-state index in [4.69, 9.17) is 9.47 Å². The van der Waals surface area contributed by atoms with Crippen LogP contribution in [-0.2, 0) is 19.1 Å². The van der Waals surface area contributed by atoms with Gasteiger partial charge in [-0.05, 0) is 26.3 Å². The quantitative estimate of drug-likeness (QED) is 0.409. The molecule has 0 aromatic carbocycles. The molecular weight excluding hydrogens is 208 g/mol. The number of carbonyl (C=O) groups excluding carboxylic acids is 2. The zero-order valence-corrected chi connectivity index (χ0v) is 9.83. The van der Waals surface area contributed by atoms with E-state index in [1.165, 1.54) is 19.9 Å². The Bertz CT molecular complexity index is 320. The van der Waals surface area contributed by atoms with Crippen molar-refractivity contribution in [3.8, 4) is 0 Å². The fourth-order valence-electron chi connectivity index (χ4n) is 0.628. The van der Waals surface area contributed by atoms with Gasteiger partial charge in [-0.15, -0.1) is 0 Å². The first-order valence-corrected chi connectivity index (χ1v) is 4.84. The molecular formula is C12H16O4. The van der Waals surface area contributed by atoms with Crippen molar-refractivity contribution in [2.24, 2.45) is 0 Å². The fourth-order valence-corrected chi connectivity index (χ4v) is 0.628. The van der Waals surface area contributed by atoms with Gasteiger partial charge in [-0.3, -0.25) is 0 Å². The van der Waals surface area contributed by atoms with Crippen LogP contribution in [0.2, 0.25) is 0 Å². The molecule has 0 N–H and O–H groups in total. The summed E-state index contributed by atoms with van der Waals surface area (Å²) in [6.07, 6.45) is 2.06. The Kier molecular flexibility index (Phi) is 5.85. The number of hydrogen-bond acceptors (Lipinski definition) is 4. The summed E-state index contributed by atoms with van der Waals surface area (Å²) in [5.74, 6) is -1.40. The summed E-state index contributed by atoms with van der Waals surface area (Å²) in [7, 11) is 0. The molecule has 4 heteroatoms. The van der Waals surface area contributed by atoms with E-state index in [1.54, 1.807) is 0 Å². The molecule has 0 saturated carbocycles. The largest absolute Gasteiger partial charge is 0.389 e. The monoisotopic (exact) mass is 224 g/mol. The number of esters is 2. The minimum absolute atomic E-state index is 0.136. The highest BCUT2D eigenvalue weighted by molar-refractivity contribution is 5.89. The van der Waals surface area contributed by atoms with Crippen LogP contribution in [0.5, 0.6) is 0 Å². The number of ether oxygens (including phenoxy) is 2. The summed E-state index contributed by atoms with van der Waals surface area (Å²) in [6.45, 7) is 11.7. The highest BCUT2D eigenvalue weighted by Crippen LogP contribution is 2.08. The van der Waals surface area contributed by atoms with Crippen LogP contribution >= 0.6 is 0 Å². The van der Waals surface area contributed by atoms with Crippen molar-refractivity contribution in [3.63, 3.8) is 0 Å². The van der Waals surface area contributed by atoms with Crippen LogP contribution in [0.25, 0.3) is 0 Å². The maximum Gasteiger partial charge on any atom is 0.340 e. The van der Waals surface area contributed by atoms with Crippen molar-refractivity contribution in [2.45, 2.75) is 27.2 Å². The Balaban J connectivity index is 4.59. The maximum atomic E-state index is 11.2. The second kappa shape index (κ2) is 6.61. The van der Waals surface area contributed by atoms with Gasteiger partial charge in [-0.1, -0.05) is 20.1 Å². The number of rotatable bonds is 5. The summed E-state index contributed by atoms with van der Waals surface area (Å²) < 4.78 is 9.62. The number of allylic oxidation sites excluding steroid dienone is 1. The first kappa shape index (κ1) is 14.2. The van der Waals surface area contributed by atoms with Gasteiger partial charge in [-0.25, -0.2) is 9.59 Å². The van der Waals surface area contributed by atoms with Crippen LogP contribution in [0.1, 0.15) is 27.2 Å². The standard InChI is InChI=1S/C12H16O4/c1-6-7-10(15-11(13)8(2)3)16-12(14)9(4)5/h7H,2,4,6H2,1,3,5H3. The molecule has 0 heterocycles. The van der Waals surface area contributed by atoms with Crippen LogP contribution in [0, 0.1) is 0 Å². The third kappa shape index (κ3) is 5.14. The number of carbonyl (C=O) groups is 2. The molecule has 4 nitrogen and oxygen atoms in total. The van der Waals surface area contributed by atoms with E-state index in [0.29, 0.717) is 6.42 Å². The molecule has 0 atom stereocenters. The van der Waals surface area contributed by atoms with Crippen LogP contribution in [0.15, 0.2) is 36.3 Å². The van der Waals surface area contributed by atoms with Crippen LogP contribution in [0.4, 0.5) is 0 Å². The van der Waals surface area contributed by atoms with Gasteiger partial charge in [0.2, 0.25) is 0 Å². The molecule has 16 heavy (non-hydrogen) atoms. The molecule has 0 aromatic rings. The highest BCUT2D eigenvalue weighted by Gasteiger charge is 2.13. The second-order valence-corrected chi connectivity index (χ2v) is 3.27. The Morgan fingerprint density at radius 2 is 1.44 bits per heavy atom. The Labute approximate surface area is 95.2 Å². The van der Waals surface area contributed by atoms with E-state index < -0.39 is 11.9 Å². The van der Waals surface area contributed by atoms with Gasteiger partial charge in [0.15, 0.2) is 0 Å². The lowest BCUT2D eigenvalue weighted by atomic mass is 10.3. The fraction of sp³-hybridized carbons (Fsp3) is 0.333. The Morgan fingerprint density at radius 3 is 1.69 bits per heavy atom. The first-order valence-electron chi connectivity index (χ1n) is 4.84. The van der Waals surface area contributed by atoms with Gasteiger partial charge in [-0.2, -0.15) is 0 Å². The molecule has 0 saturated heterocycles. The minimum atomic E-state index is -0.630. The molecule has 0 amide bonds. The predicted octanol–water partition coefficient (Wildman–Crippen LogP) is 2.48. The minimum Gasteiger partial charge on any atom is -0.389 e. The van der Waals surface area contributed by atoms with Gasteiger partial charge < -0.3 is 9.47 Å². The highest BCUT2D eigenvalue weighted by atomic mass is 16.7. The van der Waals surface area contributed by atoms with E-state index in [9.17, 15) is 9.59 Å². The molecule has 0 bridgehead atoms. The smallest absolute Gasteiger partial charge is 0.340 e. The van der Waals surface area contributed by atoms with E-state index in [1.807, 2.05) is 6.92 Å². The zero-order valence-electron chi connectivity index (χ0n) is 9.83. The SMILES string of the molecule is C=C(C)C(=O)OC(=CCC)OC(=O)C(=C)C. The summed E-state index contributed by atoms with van der Waals surface area (Å²) in [4.78, 5) is 22.4. The molecule has 0 aliphatic carbocycles. The molecule has 88 valence electrons. The lowest BCUT2D eigenvalue weighted by molar-refractivity contribution is -0.148. The topological polar surface area (TPSA) is 52.6 Å². The molecule has 0 fully saturated rings. The third-order valence-corrected chi connectivity index (χ3v) is 1.45. The van der Waals surface area contributed by atoms with E-state index in [0.717, 1.165) is 0 Å². The van der Waals surface area contributed by atoms with Gasteiger partial charge >= 0.3 is 11.9 Å². The molecule has 0 aromatic heterocycles. The summed E-state index contributed by atoms with van der Waals surface area (Å²) >= 11 is 0. The van der Waals surface area contributed by atoms with E-state index in [-0.39, 0.29) is 17.1 Å². The summed E-state index contributed by atoms with van der Waals surface area (Å²) in [6, 6.07) is 0. The van der Waals surface area contributed by atoms with Crippen molar-refractivity contribution >= 4 is 11.9 Å². The van der Waals surface area contributed by atoms with Crippen molar-refractivity contribution < 1.29 is 19.1 Å². The predicted molar refractivity (Wildman–Crippen MR) is 60.2 cm³/mol. The van der Waals surface area contributed by atoms with Gasteiger partial charge in [0.05, 0.1) is 0 Å². The maximum absolute atomic E-state index is 11.2. The molecule has 0 radical (unpaired) electrons. The van der Waals surface area contributed by atoms with Crippen molar-refractivity contribution in [2.75, 3.05) is 0 Å². The van der Waals surface area contributed by atoms with Gasteiger partial charge in [0.25, 0.3) is 5.95 Å². The normalized spacial score (nSPS) is 8.94. The van der Waals surface area contributed by atoms with E-state index >= 15 is 0 Å². The second-order valence-electron chi connectivity index (χ2n) is 3.27. The van der Waals surface area contributed by atoms with Crippen LogP contribution in [-0.4, -0.2) is 11.9 Å². The van der Waals surface area contributed by atoms with Crippen molar-refractivity contribution in [1.29, 1.82) is 0 Å². The molecule has 0 aliphatic heterocycles. The van der Waals surface area contributed by atoms with E-state index in [2.05, 4.69) is 13.2 Å². The van der Waals surface area contributed by atoms with Crippen LogP contribution in [0.3, 0.4) is 0 Å². The molecule has 0 aliphatic rings. The third-order valence-electron chi connectivity index (χ3n) is 1.45. The lowest BCUT2D eigenvalue weighted by Gasteiger charge is -2.08. The number of hydrogen-bond donors (Lipinski definition) is 0. The molecule has 0 rings (SSSR count). The summed E-state index contributed by atoms with van der Waals surface area (Å²) in [5, 5.41) is 0. The lowest BCUT2D eigenvalue weighted by Crippen LogP contribution is -2.12. The first-order chi connectivity index (χ1) is 7.38. The average Bonchev–Trinajstić information content (AvgIpc) is 2.17.